The van der Waals surface area contributed by atoms with Gasteiger partial charge in [-0.2, -0.15) is 0 Å². The summed E-state index contributed by atoms with van der Waals surface area (Å²) < 4.78 is 0. The summed E-state index contributed by atoms with van der Waals surface area (Å²) >= 11 is 0. The molecule has 0 aromatic heterocycles. The molecule has 5 nitrogen and oxygen atoms in total. The Balaban J connectivity index is 1.54. The number of carboxylic acid groups (broad SMARTS) is 1. The van der Waals surface area contributed by atoms with Gasteiger partial charge in [0.1, 0.15) is 0 Å². The van der Waals surface area contributed by atoms with Crippen LogP contribution in [0.1, 0.15) is 67.8 Å². The van der Waals surface area contributed by atoms with Gasteiger partial charge in [0.05, 0.1) is 0 Å². The molecule has 1 aliphatic heterocycles. The Kier molecular flexibility index (Phi) is 5.44. The van der Waals surface area contributed by atoms with Gasteiger partial charge in [0.25, 0.3) is 5.91 Å². The van der Waals surface area contributed by atoms with Crippen molar-refractivity contribution in [2.45, 2.75) is 51.9 Å². The predicted molar refractivity (Wildman–Crippen MR) is 101 cm³/mol. The minimum absolute atomic E-state index is 0.0774. The fourth-order valence-electron chi connectivity index (χ4n) is 4.47. The molecule has 2 fully saturated rings. The molecule has 3 rings (SSSR count). The molecule has 1 heterocycles. The number of carbonyl (C=O) groups is 2. The van der Waals surface area contributed by atoms with Gasteiger partial charge in [-0.1, -0.05) is 12.1 Å². The fourth-order valence-corrected chi connectivity index (χ4v) is 4.47. The highest BCUT2D eigenvalue weighted by molar-refractivity contribution is 5.98. The van der Waals surface area contributed by atoms with E-state index in [1.54, 1.807) is 6.92 Å². The first-order chi connectivity index (χ1) is 12.4. The molecule has 0 unspecified atom stereocenters. The number of carbonyl (C=O) groups excluding carboxylic acids is 1. The summed E-state index contributed by atoms with van der Waals surface area (Å²) in [6.07, 6.45) is 6.55. The number of likely N-dealkylation sites (tertiary alicyclic amines) is 1. The highest BCUT2D eigenvalue weighted by Crippen LogP contribution is 2.47. The van der Waals surface area contributed by atoms with Gasteiger partial charge < -0.3 is 15.4 Å². The van der Waals surface area contributed by atoms with Crippen molar-refractivity contribution >= 4 is 17.6 Å². The van der Waals surface area contributed by atoms with Crippen molar-refractivity contribution in [3.8, 4) is 0 Å². The van der Waals surface area contributed by atoms with Crippen molar-refractivity contribution in [3.05, 3.63) is 35.4 Å². The minimum Gasteiger partial charge on any atom is -0.481 e. The smallest absolute Gasteiger partial charge is 0.303 e. The number of aliphatic carboxylic acids is 1. The Morgan fingerprint density at radius 3 is 2.12 bits per heavy atom. The fraction of sp³-hybridized carbons (Fsp3) is 0.571. The molecule has 1 spiro atoms. The van der Waals surface area contributed by atoms with Crippen LogP contribution in [0.2, 0.25) is 0 Å². The van der Waals surface area contributed by atoms with Crippen molar-refractivity contribution in [1.29, 1.82) is 5.41 Å². The van der Waals surface area contributed by atoms with Crippen LogP contribution in [0.25, 0.3) is 0 Å². The molecule has 2 aliphatic rings. The number of hydrogen-bond acceptors (Lipinski definition) is 3. The first-order valence-corrected chi connectivity index (χ1v) is 9.55. The molecule has 0 radical (unpaired) electrons. The van der Waals surface area contributed by atoms with E-state index in [0.717, 1.165) is 57.2 Å². The number of hydrogen-bond donors (Lipinski definition) is 2. The van der Waals surface area contributed by atoms with Crippen LogP contribution in [0.5, 0.6) is 0 Å². The molecular weight excluding hydrogens is 328 g/mol. The quantitative estimate of drug-likeness (QED) is 0.801. The Bertz CT molecular complexity index is 678. The topological polar surface area (TPSA) is 81.5 Å². The molecule has 0 atom stereocenters. The lowest BCUT2D eigenvalue weighted by atomic mass is 9.65. The van der Waals surface area contributed by atoms with Gasteiger partial charge in [0, 0.05) is 30.8 Å². The van der Waals surface area contributed by atoms with Crippen LogP contribution in [0.3, 0.4) is 0 Å². The normalized spacial score (nSPS) is 20.1. The predicted octanol–water partition coefficient (Wildman–Crippen LogP) is 3.96. The van der Waals surface area contributed by atoms with Crippen LogP contribution in [0.4, 0.5) is 0 Å². The van der Waals surface area contributed by atoms with E-state index in [1.165, 1.54) is 0 Å². The lowest BCUT2D eigenvalue weighted by molar-refractivity contribution is -0.138. The zero-order valence-corrected chi connectivity index (χ0v) is 15.5. The number of amides is 1. The van der Waals surface area contributed by atoms with Gasteiger partial charge in [0.15, 0.2) is 0 Å². The van der Waals surface area contributed by atoms with Crippen molar-refractivity contribution in [2.24, 2.45) is 11.3 Å². The van der Waals surface area contributed by atoms with E-state index in [1.807, 2.05) is 29.2 Å². The van der Waals surface area contributed by atoms with Gasteiger partial charge in [0.2, 0.25) is 0 Å². The summed E-state index contributed by atoms with van der Waals surface area (Å²) in [6, 6.07) is 7.31. The Hall–Kier alpha value is -2.17. The molecule has 140 valence electrons. The number of rotatable bonds is 4. The molecule has 1 amide bonds. The molecule has 0 bridgehead atoms. The Labute approximate surface area is 154 Å². The van der Waals surface area contributed by atoms with E-state index in [2.05, 4.69) is 0 Å². The summed E-state index contributed by atoms with van der Waals surface area (Å²) in [7, 11) is 0. The largest absolute Gasteiger partial charge is 0.481 e. The summed E-state index contributed by atoms with van der Waals surface area (Å²) in [6.45, 7) is 3.31. The third-order valence-electron chi connectivity index (χ3n) is 6.31. The first-order valence-electron chi connectivity index (χ1n) is 9.55. The number of piperidine rings is 1. The van der Waals surface area contributed by atoms with Crippen LogP contribution in [-0.4, -0.2) is 40.7 Å². The van der Waals surface area contributed by atoms with Gasteiger partial charge in [-0.15, -0.1) is 0 Å². The molecule has 1 saturated carbocycles. The van der Waals surface area contributed by atoms with Gasteiger partial charge in [-0.05, 0) is 74.5 Å². The summed E-state index contributed by atoms with van der Waals surface area (Å²) in [4.78, 5) is 25.6. The SMILES string of the molecule is CC(=N)c1ccc(C(=O)N2CCC3(CCC(CC(=O)O)CC3)CC2)cc1. The number of carboxylic acids is 1. The summed E-state index contributed by atoms with van der Waals surface area (Å²) in [5.74, 6) is -0.280. The van der Waals surface area contributed by atoms with Crippen molar-refractivity contribution < 1.29 is 14.7 Å². The highest BCUT2D eigenvalue weighted by atomic mass is 16.4. The van der Waals surface area contributed by atoms with Crippen LogP contribution in [-0.2, 0) is 4.79 Å². The number of benzene rings is 1. The van der Waals surface area contributed by atoms with Gasteiger partial charge in [-0.25, -0.2) is 0 Å². The van der Waals surface area contributed by atoms with E-state index in [9.17, 15) is 9.59 Å². The number of nitrogens with one attached hydrogen (secondary N) is 1. The molecule has 26 heavy (non-hydrogen) atoms. The highest BCUT2D eigenvalue weighted by Gasteiger charge is 2.39. The molecular formula is C21H28N2O3. The standard InChI is InChI=1S/C21H28N2O3/c1-15(22)17-2-4-18(5-3-17)20(26)23-12-10-21(11-13-23)8-6-16(7-9-21)14-19(24)25/h2-5,16,22H,6-14H2,1H3,(H,24,25). The molecule has 1 aliphatic carbocycles. The van der Waals surface area contributed by atoms with Crippen LogP contribution in [0.15, 0.2) is 24.3 Å². The maximum atomic E-state index is 12.7. The van der Waals surface area contributed by atoms with E-state index < -0.39 is 5.97 Å². The third-order valence-corrected chi connectivity index (χ3v) is 6.31. The second-order valence-electron chi connectivity index (χ2n) is 8.04. The lowest BCUT2D eigenvalue weighted by Gasteiger charge is -2.46. The molecule has 5 heteroatoms. The van der Waals surface area contributed by atoms with Crippen molar-refractivity contribution in [1.82, 2.24) is 4.90 Å². The van der Waals surface area contributed by atoms with E-state index in [0.29, 0.717) is 29.0 Å². The molecule has 1 aromatic carbocycles. The average molecular weight is 356 g/mol. The van der Waals surface area contributed by atoms with Gasteiger partial charge >= 0.3 is 5.97 Å². The molecule has 1 saturated heterocycles. The van der Waals surface area contributed by atoms with E-state index >= 15 is 0 Å². The number of nitrogens with zero attached hydrogens (tertiary/aromatic N) is 1. The second kappa shape index (κ2) is 7.60. The van der Waals surface area contributed by atoms with E-state index in [-0.39, 0.29) is 5.91 Å². The Morgan fingerprint density at radius 2 is 1.62 bits per heavy atom. The lowest BCUT2D eigenvalue weighted by Crippen LogP contribution is -2.44. The molecule has 1 aromatic rings. The third kappa shape index (κ3) is 4.14. The van der Waals surface area contributed by atoms with Gasteiger partial charge in [-0.3, -0.25) is 9.59 Å². The monoisotopic (exact) mass is 356 g/mol. The first kappa shape index (κ1) is 18.6. The zero-order chi connectivity index (χ0) is 18.7. The minimum atomic E-state index is -0.685. The second-order valence-corrected chi connectivity index (χ2v) is 8.04. The van der Waals surface area contributed by atoms with Crippen LogP contribution >= 0.6 is 0 Å². The van der Waals surface area contributed by atoms with E-state index in [4.69, 9.17) is 10.5 Å². The average Bonchev–Trinajstić information content (AvgIpc) is 2.64. The maximum absolute atomic E-state index is 12.7. The summed E-state index contributed by atoms with van der Waals surface area (Å²) in [5, 5.41) is 16.6. The van der Waals surface area contributed by atoms with Crippen LogP contribution < -0.4 is 0 Å². The van der Waals surface area contributed by atoms with Crippen molar-refractivity contribution in [2.75, 3.05) is 13.1 Å². The van der Waals surface area contributed by atoms with Crippen molar-refractivity contribution in [3.63, 3.8) is 0 Å². The molecule has 2 N–H and O–H groups in total. The summed E-state index contributed by atoms with van der Waals surface area (Å²) in [5.41, 5.74) is 2.35. The maximum Gasteiger partial charge on any atom is 0.303 e. The van der Waals surface area contributed by atoms with Crippen LogP contribution in [0, 0.1) is 16.7 Å². The zero-order valence-electron chi connectivity index (χ0n) is 15.5. The Morgan fingerprint density at radius 1 is 1.08 bits per heavy atom.